The Bertz CT molecular complexity index is 788. The van der Waals surface area contributed by atoms with Crippen LogP contribution in [-0.4, -0.2) is 62.3 Å². The molecule has 0 spiro atoms. The van der Waals surface area contributed by atoms with Gasteiger partial charge in [-0.15, -0.1) is 0 Å². The van der Waals surface area contributed by atoms with Crippen molar-refractivity contribution in [2.45, 2.75) is 25.9 Å². The number of H-pyrrole nitrogens is 1. The van der Waals surface area contributed by atoms with E-state index in [0.29, 0.717) is 23.3 Å². The standard InChI is InChI=1S/C18H21N5O2/c1-12(24)15-7-16(21-20-15)18(25)23-10-14-4-6-22(17(14)11-23)9-13-3-2-5-19-8-13/h2-3,5,7-8,14,17H,4,6,9-11H2,1H3,(H,20,21)/t14-,17+/m0/s1. The number of pyridine rings is 1. The highest BCUT2D eigenvalue weighted by molar-refractivity contribution is 5.97. The zero-order valence-corrected chi connectivity index (χ0v) is 14.2. The maximum atomic E-state index is 12.7. The molecule has 0 saturated carbocycles. The normalized spacial score (nSPS) is 23.0. The second-order valence-electron chi connectivity index (χ2n) is 6.88. The van der Waals surface area contributed by atoms with Gasteiger partial charge in [-0.25, -0.2) is 0 Å². The molecule has 2 saturated heterocycles. The molecular formula is C18H21N5O2. The van der Waals surface area contributed by atoms with Crippen molar-refractivity contribution in [2.75, 3.05) is 19.6 Å². The number of carbonyl (C=O) groups excluding carboxylic acids is 2. The molecule has 2 aromatic rings. The van der Waals surface area contributed by atoms with E-state index in [2.05, 4.69) is 26.1 Å². The summed E-state index contributed by atoms with van der Waals surface area (Å²) in [4.78, 5) is 32.6. The monoisotopic (exact) mass is 339 g/mol. The largest absolute Gasteiger partial charge is 0.335 e. The van der Waals surface area contributed by atoms with E-state index in [1.165, 1.54) is 12.5 Å². The lowest BCUT2D eigenvalue weighted by atomic mass is 10.1. The van der Waals surface area contributed by atoms with E-state index in [4.69, 9.17) is 0 Å². The third-order valence-electron chi connectivity index (χ3n) is 5.23. The fourth-order valence-electron chi connectivity index (χ4n) is 3.92. The summed E-state index contributed by atoms with van der Waals surface area (Å²) in [6.45, 7) is 4.86. The van der Waals surface area contributed by atoms with Crippen LogP contribution in [0.2, 0.25) is 0 Å². The number of ketones is 1. The molecule has 2 atom stereocenters. The number of hydrogen-bond donors (Lipinski definition) is 1. The smallest absolute Gasteiger partial charge is 0.271 e. The Labute approximate surface area is 146 Å². The third-order valence-corrected chi connectivity index (χ3v) is 5.23. The maximum Gasteiger partial charge on any atom is 0.271 e. The van der Waals surface area contributed by atoms with E-state index in [9.17, 15) is 9.59 Å². The van der Waals surface area contributed by atoms with Crippen LogP contribution in [0.15, 0.2) is 30.6 Å². The van der Waals surface area contributed by atoms with E-state index >= 15 is 0 Å². The van der Waals surface area contributed by atoms with E-state index in [0.717, 1.165) is 32.6 Å². The predicted molar refractivity (Wildman–Crippen MR) is 91.0 cm³/mol. The number of amides is 1. The van der Waals surface area contributed by atoms with E-state index in [1.807, 2.05) is 17.2 Å². The first-order valence-corrected chi connectivity index (χ1v) is 8.60. The average molecular weight is 339 g/mol. The second-order valence-corrected chi connectivity index (χ2v) is 6.88. The van der Waals surface area contributed by atoms with Gasteiger partial charge in [0.2, 0.25) is 0 Å². The third kappa shape index (κ3) is 3.07. The number of nitrogens with zero attached hydrogens (tertiary/aromatic N) is 4. The summed E-state index contributed by atoms with van der Waals surface area (Å²) in [6.07, 6.45) is 4.79. The van der Waals surface area contributed by atoms with Gasteiger partial charge >= 0.3 is 0 Å². The van der Waals surface area contributed by atoms with Crippen molar-refractivity contribution in [3.63, 3.8) is 0 Å². The molecule has 0 bridgehead atoms. The Morgan fingerprint density at radius 3 is 2.96 bits per heavy atom. The number of fused-ring (bicyclic) bond motifs is 1. The molecule has 2 fully saturated rings. The molecule has 25 heavy (non-hydrogen) atoms. The lowest BCUT2D eigenvalue weighted by Gasteiger charge is -2.24. The SMILES string of the molecule is CC(=O)c1cc(C(=O)N2C[C@@H]3CCN(Cc4cccnc4)[C@@H]3C2)[nH]n1. The predicted octanol–water partition coefficient (Wildman–Crippen LogP) is 1.35. The number of hydrogen-bond acceptors (Lipinski definition) is 5. The summed E-state index contributed by atoms with van der Waals surface area (Å²) < 4.78 is 0. The summed E-state index contributed by atoms with van der Waals surface area (Å²) in [7, 11) is 0. The Morgan fingerprint density at radius 1 is 1.36 bits per heavy atom. The summed E-state index contributed by atoms with van der Waals surface area (Å²) in [6, 6.07) is 5.98. The molecule has 1 amide bonds. The minimum atomic E-state index is -0.142. The highest BCUT2D eigenvalue weighted by Gasteiger charge is 2.43. The minimum Gasteiger partial charge on any atom is -0.335 e. The van der Waals surface area contributed by atoms with Gasteiger partial charge in [0.15, 0.2) is 5.78 Å². The molecular weight excluding hydrogens is 318 g/mol. The number of carbonyl (C=O) groups is 2. The van der Waals surface area contributed by atoms with Gasteiger partial charge in [0.1, 0.15) is 11.4 Å². The number of rotatable bonds is 4. The molecule has 2 aliphatic rings. The van der Waals surface area contributed by atoms with E-state index in [1.54, 1.807) is 12.3 Å². The molecule has 7 nitrogen and oxygen atoms in total. The van der Waals surface area contributed by atoms with Crippen molar-refractivity contribution in [3.8, 4) is 0 Å². The molecule has 2 aliphatic heterocycles. The van der Waals surface area contributed by atoms with Crippen molar-refractivity contribution in [2.24, 2.45) is 5.92 Å². The molecule has 0 aromatic carbocycles. The molecule has 0 radical (unpaired) electrons. The average Bonchev–Trinajstić information content (AvgIpc) is 3.32. The molecule has 1 N–H and O–H groups in total. The molecule has 4 rings (SSSR count). The number of aromatic nitrogens is 3. The van der Waals surface area contributed by atoms with Crippen molar-refractivity contribution in [1.29, 1.82) is 0 Å². The van der Waals surface area contributed by atoms with Crippen LogP contribution in [0.5, 0.6) is 0 Å². The van der Waals surface area contributed by atoms with Crippen LogP contribution in [0.25, 0.3) is 0 Å². The number of nitrogens with one attached hydrogen (secondary N) is 1. The Kier molecular flexibility index (Phi) is 4.09. The van der Waals surface area contributed by atoms with E-state index in [-0.39, 0.29) is 11.7 Å². The number of Topliss-reactive ketones (excluding diaryl/α,β-unsaturated/α-hetero) is 1. The Morgan fingerprint density at radius 2 is 2.24 bits per heavy atom. The molecule has 7 heteroatoms. The summed E-state index contributed by atoms with van der Waals surface area (Å²) in [5, 5.41) is 6.61. The minimum absolute atomic E-state index is 0.0734. The topological polar surface area (TPSA) is 82.2 Å². The zero-order valence-electron chi connectivity index (χ0n) is 14.2. The fourth-order valence-corrected chi connectivity index (χ4v) is 3.92. The van der Waals surface area contributed by atoms with Gasteiger partial charge in [-0.1, -0.05) is 6.07 Å². The highest BCUT2D eigenvalue weighted by atomic mass is 16.2. The highest BCUT2D eigenvalue weighted by Crippen LogP contribution is 2.33. The van der Waals surface area contributed by atoms with Crippen LogP contribution in [0.3, 0.4) is 0 Å². The second kappa shape index (κ2) is 6.40. The van der Waals surface area contributed by atoms with Crippen LogP contribution >= 0.6 is 0 Å². The van der Waals surface area contributed by atoms with Crippen molar-refractivity contribution in [3.05, 3.63) is 47.5 Å². The lowest BCUT2D eigenvalue weighted by molar-refractivity contribution is 0.0764. The number of aromatic amines is 1. The van der Waals surface area contributed by atoms with Gasteiger partial charge in [-0.2, -0.15) is 5.10 Å². The van der Waals surface area contributed by atoms with Crippen LogP contribution in [0, 0.1) is 5.92 Å². The van der Waals surface area contributed by atoms with Crippen molar-refractivity contribution >= 4 is 11.7 Å². The van der Waals surface area contributed by atoms with Gasteiger partial charge in [0.05, 0.1) is 0 Å². The van der Waals surface area contributed by atoms with Crippen LogP contribution in [-0.2, 0) is 6.54 Å². The van der Waals surface area contributed by atoms with Crippen molar-refractivity contribution in [1.82, 2.24) is 25.0 Å². The summed E-state index contributed by atoms with van der Waals surface area (Å²) in [5.41, 5.74) is 1.90. The summed E-state index contributed by atoms with van der Waals surface area (Å²) >= 11 is 0. The zero-order chi connectivity index (χ0) is 17.4. The first-order chi connectivity index (χ1) is 12.1. The van der Waals surface area contributed by atoms with Crippen LogP contribution in [0.4, 0.5) is 0 Å². The maximum absolute atomic E-state index is 12.7. The molecule has 0 aliphatic carbocycles. The molecule has 2 aromatic heterocycles. The van der Waals surface area contributed by atoms with Crippen molar-refractivity contribution < 1.29 is 9.59 Å². The first-order valence-electron chi connectivity index (χ1n) is 8.60. The van der Waals surface area contributed by atoms with Crippen LogP contribution < -0.4 is 0 Å². The Hall–Kier alpha value is -2.54. The summed E-state index contributed by atoms with van der Waals surface area (Å²) in [5.74, 6) is 0.294. The molecule has 4 heterocycles. The Balaban J connectivity index is 1.43. The lowest BCUT2D eigenvalue weighted by Crippen LogP contribution is -2.36. The van der Waals surface area contributed by atoms with Gasteiger partial charge in [0, 0.05) is 45.0 Å². The molecule has 0 unspecified atom stereocenters. The van der Waals surface area contributed by atoms with Gasteiger partial charge in [-0.3, -0.25) is 24.6 Å². The van der Waals surface area contributed by atoms with Gasteiger partial charge < -0.3 is 4.90 Å². The van der Waals surface area contributed by atoms with Crippen LogP contribution in [0.1, 0.15) is 39.9 Å². The molecule has 130 valence electrons. The number of likely N-dealkylation sites (tertiary alicyclic amines) is 2. The first kappa shape index (κ1) is 16.0. The van der Waals surface area contributed by atoms with Gasteiger partial charge in [0.25, 0.3) is 5.91 Å². The van der Waals surface area contributed by atoms with E-state index < -0.39 is 0 Å². The van der Waals surface area contributed by atoms with Gasteiger partial charge in [-0.05, 0) is 36.6 Å². The quantitative estimate of drug-likeness (QED) is 0.851. The fraction of sp³-hybridized carbons (Fsp3) is 0.444.